The van der Waals surface area contributed by atoms with Gasteiger partial charge in [-0.25, -0.2) is 0 Å². The fourth-order valence-electron chi connectivity index (χ4n) is 1.59. The molecule has 1 aromatic heterocycles. The molecule has 5 nitrogen and oxygen atoms in total. The molecule has 0 saturated carbocycles. The second-order valence-electron chi connectivity index (χ2n) is 3.83. The number of nitrogens with zero attached hydrogens (tertiary/aromatic N) is 2. The molecule has 0 saturated heterocycles. The molecule has 0 aliphatic heterocycles. The molecule has 88 valence electrons. The van der Waals surface area contributed by atoms with Gasteiger partial charge in [0.1, 0.15) is 5.82 Å². The minimum atomic E-state index is -0.237. The molecule has 0 atom stereocenters. The maximum Gasteiger partial charge on any atom is 0.280 e. The summed E-state index contributed by atoms with van der Waals surface area (Å²) < 4.78 is 1.20. The maximum atomic E-state index is 12.1. The summed E-state index contributed by atoms with van der Waals surface area (Å²) in [7, 11) is 0. The summed E-state index contributed by atoms with van der Waals surface area (Å²) in [6.07, 6.45) is 0. The Morgan fingerprint density at radius 1 is 1.35 bits per heavy atom. The molecule has 1 aromatic carbocycles. The Hall–Kier alpha value is -2.14. The number of benzene rings is 1. The third-order valence-corrected chi connectivity index (χ3v) is 2.49. The summed E-state index contributed by atoms with van der Waals surface area (Å²) in [6, 6.07) is 8.74. The van der Waals surface area contributed by atoms with Crippen molar-refractivity contribution in [3.63, 3.8) is 0 Å². The van der Waals surface area contributed by atoms with Gasteiger partial charge in [0, 0.05) is 18.2 Å². The minimum absolute atomic E-state index is 0.237. The van der Waals surface area contributed by atoms with Gasteiger partial charge in [-0.15, -0.1) is 0 Å². The van der Waals surface area contributed by atoms with Gasteiger partial charge in [-0.2, -0.15) is 9.78 Å². The number of aromatic nitrogens is 2. The monoisotopic (exact) mass is 230 g/mol. The van der Waals surface area contributed by atoms with Crippen LogP contribution in [0.1, 0.15) is 21.6 Å². The maximum absolute atomic E-state index is 12.1. The van der Waals surface area contributed by atoms with E-state index < -0.39 is 0 Å². The van der Waals surface area contributed by atoms with E-state index in [1.54, 1.807) is 25.1 Å². The average molecular weight is 230 g/mol. The molecule has 5 heteroatoms. The van der Waals surface area contributed by atoms with Gasteiger partial charge >= 0.3 is 0 Å². The van der Waals surface area contributed by atoms with E-state index in [0.29, 0.717) is 17.9 Å². The Kier molecular flexibility index (Phi) is 2.93. The van der Waals surface area contributed by atoms with Crippen molar-refractivity contribution in [3.05, 3.63) is 47.2 Å². The highest BCUT2D eigenvalue weighted by molar-refractivity contribution is 5.97. The minimum Gasteiger partial charge on any atom is -0.383 e. The molecule has 1 heterocycles. The first-order valence-corrected chi connectivity index (χ1v) is 5.27. The van der Waals surface area contributed by atoms with Crippen LogP contribution < -0.4 is 11.5 Å². The third-order valence-electron chi connectivity index (χ3n) is 2.49. The van der Waals surface area contributed by atoms with E-state index >= 15 is 0 Å². The molecule has 0 bridgehead atoms. The van der Waals surface area contributed by atoms with Gasteiger partial charge in [-0.05, 0) is 24.6 Å². The Balaban J connectivity index is 2.33. The number of nitrogens with two attached hydrogens (primary N) is 2. The summed E-state index contributed by atoms with van der Waals surface area (Å²) in [5.41, 5.74) is 13.4. The van der Waals surface area contributed by atoms with Crippen molar-refractivity contribution >= 4 is 11.7 Å². The largest absolute Gasteiger partial charge is 0.383 e. The molecule has 0 amide bonds. The van der Waals surface area contributed by atoms with E-state index in [1.807, 2.05) is 12.1 Å². The highest BCUT2D eigenvalue weighted by atomic mass is 16.2. The van der Waals surface area contributed by atoms with Gasteiger partial charge in [0.15, 0.2) is 0 Å². The van der Waals surface area contributed by atoms with E-state index in [1.165, 1.54) is 4.68 Å². The smallest absolute Gasteiger partial charge is 0.280 e. The van der Waals surface area contributed by atoms with Gasteiger partial charge in [0.2, 0.25) is 0 Å². The Morgan fingerprint density at radius 2 is 2.00 bits per heavy atom. The van der Waals surface area contributed by atoms with Crippen LogP contribution in [0.4, 0.5) is 5.82 Å². The highest BCUT2D eigenvalue weighted by Gasteiger charge is 2.12. The van der Waals surface area contributed by atoms with Gasteiger partial charge in [0.25, 0.3) is 5.91 Å². The molecule has 2 rings (SSSR count). The Labute approximate surface area is 99.0 Å². The summed E-state index contributed by atoms with van der Waals surface area (Å²) in [5.74, 6) is 0.106. The number of carbonyl (C=O) groups excluding carboxylic acids is 1. The summed E-state index contributed by atoms with van der Waals surface area (Å²) >= 11 is 0. The molecule has 0 unspecified atom stereocenters. The number of aryl methyl sites for hydroxylation is 1. The van der Waals surface area contributed by atoms with Gasteiger partial charge < -0.3 is 11.5 Å². The van der Waals surface area contributed by atoms with Crippen molar-refractivity contribution in [1.82, 2.24) is 9.78 Å². The fourth-order valence-corrected chi connectivity index (χ4v) is 1.59. The summed E-state index contributed by atoms with van der Waals surface area (Å²) in [6.45, 7) is 2.25. The molecule has 0 spiro atoms. The molecule has 4 N–H and O–H groups in total. The van der Waals surface area contributed by atoms with Crippen LogP contribution in [0, 0.1) is 6.92 Å². The van der Waals surface area contributed by atoms with Crippen LogP contribution in [0.3, 0.4) is 0 Å². The predicted octanol–water partition coefficient (Wildman–Crippen LogP) is 0.921. The summed E-state index contributed by atoms with van der Waals surface area (Å²) in [4.78, 5) is 12.1. The van der Waals surface area contributed by atoms with E-state index in [9.17, 15) is 4.79 Å². The van der Waals surface area contributed by atoms with E-state index in [4.69, 9.17) is 11.5 Å². The topological polar surface area (TPSA) is 86.9 Å². The molecule has 0 fully saturated rings. The normalized spacial score (nSPS) is 10.5. The van der Waals surface area contributed by atoms with Crippen molar-refractivity contribution in [2.24, 2.45) is 5.73 Å². The standard InChI is InChI=1S/C12H14N4O/c1-8-6-11(14)16(15-8)12(17)10-4-2-9(7-13)3-5-10/h2-6H,7,13-14H2,1H3. The zero-order valence-corrected chi connectivity index (χ0v) is 9.55. The zero-order valence-electron chi connectivity index (χ0n) is 9.55. The lowest BCUT2D eigenvalue weighted by Crippen LogP contribution is -2.16. The first-order valence-electron chi connectivity index (χ1n) is 5.27. The van der Waals surface area contributed by atoms with Crippen LogP contribution in [0.2, 0.25) is 0 Å². The molecule has 0 aliphatic rings. The van der Waals surface area contributed by atoms with Crippen LogP contribution in [-0.4, -0.2) is 15.7 Å². The van der Waals surface area contributed by atoms with Crippen LogP contribution in [-0.2, 0) is 6.54 Å². The van der Waals surface area contributed by atoms with E-state index in [-0.39, 0.29) is 5.91 Å². The summed E-state index contributed by atoms with van der Waals surface area (Å²) in [5, 5.41) is 4.05. The lowest BCUT2D eigenvalue weighted by atomic mass is 10.1. The van der Waals surface area contributed by atoms with Crippen LogP contribution in [0.25, 0.3) is 0 Å². The zero-order chi connectivity index (χ0) is 12.4. The lowest BCUT2D eigenvalue weighted by molar-refractivity contribution is 0.0947. The quantitative estimate of drug-likeness (QED) is 0.803. The predicted molar refractivity (Wildman–Crippen MR) is 65.4 cm³/mol. The second-order valence-corrected chi connectivity index (χ2v) is 3.83. The van der Waals surface area contributed by atoms with Crippen LogP contribution >= 0.6 is 0 Å². The molecule has 17 heavy (non-hydrogen) atoms. The van der Waals surface area contributed by atoms with Gasteiger partial charge in [-0.3, -0.25) is 4.79 Å². The lowest BCUT2D eigenvalue weighted by Gasteiger charge is -2.03. The second kappa shape index (κ2) is 4.39. The van der Waals surface area contributed by atoms with E-state index in [2.05, 4.69) is 5.10 Å². The average Bonchev–Trinajstić information content (AvgIpc) is 2.68. The van der Waals surface area contributed by atoms with Crippen LogP contribution in [0.5, 0.6) is 0 Å². The van der Waals surface area contributed by atoms with Crippen molar-refractivity contribution in [2.45, 2.75) is 13.5 Å². The first-order chi connectivity index (χ1) is 8.11. The van der Waals surface area contributed by atoms with Crippen molar-refractivity contribution in [3.8, 4) is 0 Å². The van der Waals surface area contributed by atoms with Gasteiger partial charge in [-0.1, -0.05) is 12.1 Å². The molecule has 2 aromatic rings. The molecular weight excluding hydrogens is 216 g/mol. The highest BCUT2D eigenvalue weighted by Crippen LogP contribution is 2.10. The number of carbonyl (C=O) groups is 1. The van der Waals surface area contributed by atoms with Crippen molar-refractivity contribution in [2.75, 3.05) is 5.73 Å². The fraction of sp³-hybridized carbons (Fsp3) is 0.167. The Bertz CT molecular complexity index is 542. The number of hydrogen-bond acceptors (Lipinski definition) is 4. The molecular formula is C12H14N4O. The molecule has 0 aliphatic carbocycles. The third kappa shape index (κ3) is 2.19. The first kappa shape index (κ1) is 11.3. The number of rotatable bonds is 2. The van der Waals surface area contributed by atoms with Crippen molar-refractivity contribution < 1.29 is 4.79 Å². The van der Waals surface area contributed by atoms with Gasteiger partial charge in [0.05, 0.1) is 5.69 Å². The van der Waals surface area contributed by atoms with E-state index in [0.717, 1.165) is 11.3 Å². The Morgan fingerprint density at radius 3 is 2.47 bits per heavy atom. The van der Waals surface area contributed by atoms with Crippen LogP contribution in [0.15, 0.2) is 30.3 Å². The number of hydrogen-bond donors (Lipinski definition) is 2. The SMILES string of the molecule is Cc1cc(N)n(C(=O)c2ccc(CN)cc2)n1. The van der Waals surface area contributed by atoms with Crippen molar-refractivity contribution in [1.29, 1.82) is 0 Å². The molecule has 0 radical (unpaired) electrons. The number of nitrogen functional groups attached to an aromatic ring is 1. The number of anilines is 1.